The first-order valence-electron chi connectivity index (χ1n) is 15.9. The number of rotatable bonds is 8. The number of benzene rings is 4. The van der Waals surface area contributed by atoms with Crippen molar-refractivity contribution in [3.05, 3.63) is 115 Å². The summed E-state index contributed by atoms with van der Waals surface area (Å²) in [7, 11) is -1.69. The Balaban J connectivity index is 1.26. The Labute approximate surface area is 275 Å². The van der Waals surface area contributed by atoms with Gasteiger partial charge in [0.1, 0.15) is 5.65 Å². The molecule has 6 aromatic rings. The molecule has 0 spiro atoms. The lowest BCUT2D eigenvalue weighted by molar-refractivity contribution is -0.119. The van der Waals surface area contributed by atoms with Crippen molar-refractivity contribution in [2.45, 2.75) is 17.1 Å². The van der Waals surface area contributed by atoms with Gasteiger partial charge >= 0.3 is 0 Å². The highest BCUT2D eigenvalue weighted by Gasteiger charge is 2.21. The first kappa shape index (κ1) is 30.8. The van der Waals surface area contributed by atoms with Gasteiger partial charge in [-0.15, -0.1) is 0 Å². The topological polar surface area (TPSA) is 98.4 Å². The predicted molar refractivity (Wildman–Crippen MR) is 189 cm³/mol. The van der Waals surface area contributed by atoms with Gasteiger partial charge in [-0.05, 0) is 72.6 Å². The summed E-state index contributed by atoms with van der Waals surface area (Å²) < 4.78 is 26.5. The number of H-pyrrole nitrogens is 1. The van der Waals surface area contributed by atoms with Gasteiger partial charge in [-0.1, -0.05) is 66.7 Å². The minimum atomic E-state index is -3.52. The van der Waals surface area contributed by atoms with Gasteiger partial charge in [-0.3, -0.25) is 9.69 Å². The van der Waals surface area contributed by atoms with Crippen molar-refractivity contribution in [2.75, 3.05) is 44.7 Å². The second-order valence-corrected chi connectivity index (χ2v) is 14.1. The fourth-order valence-corrected chi connectivity index (χ4v) is 7.77. The quantitative estimate of drug-likeness (QED) is 0.203. The van der Waals surface area contributed by atoms with Gasteiger partial charge in [0.05, 0.1) is 17.2 Å². The van der Waals surface area contributed by atoms with Gasteiger partial charge in [-0.2, -0.15) is 0 Å². The molecule has 0 atom stereocenters. The number of amides is 1. The molecule has 0 bridgehead atoms. The van der Waals surface area contributed by atoms with E-state index in [0.29, 0.717) is 17.0 Å². The Morgan fingerprint density at radius 1 is 0.872 bits per heavy atom. The molecule has 8 nitrogen and oxygen atoms in total. The van der Waals surface area contributed by atoms with E-state index in [2.05, 4.69) is 27.3 Å². The molecule has 1 saturated heterocycles. The lowest BCUT2D eigenvalue weighted by Gasteiger charge is -2.24. The minimum absolute atomic E-state index is 0.0663. The number of nitrogens with one attached hydrogen (secondary N) is 2. The lowest BCUT2D eigenvalue weighted by atomic mass is 9.92. The molecule has 0 aliphatic carbocycles. The first-order chi connectivity index (χ1) is 22.9. The summed E-state index contributed by atoms with van der Waals surface area (Å²) in [6.45, 7) is 4.07. The molecule has 7 rings (SSSR count). The fourth-order valence-electron chi connectivity index (χ4n) is 6.41. The van der Waals surface area contributed by atoms with Crippen LogP contribution in [0.4, 0.5) is 5.69 Å². The van der Waals surface area contributed by atoms with Crippen molar-refractivity contribution < 1.29 is 13.2 Å². The molecule has 2 N–H and O–H groups in total. The molecule has 3 heterocycles. The molecule has 0 saturated carbocycles. The molecule has 238 valence electrons. The maximum absolute atomic E-state index is 13.2. The Morgan fingerprint density at radius 3 is 2.38 bits per heavy atom. The van der Waals surface area contributed by atoms with E-state index in [1.807, 2.05) is 80.0 Å². The molecule has 1 fully saturated rings. The molecule has 0 radical (unpaired) electrons. The summed E-state index contributed by atoms with van der Waals surface area (Å²) in [4.78, 5) is 25.7. The number of anilines is 1. The van der Waals surface area contributed by atoms with Crippen molar-refractivity contribution in [3.8, 4) is 22.3 Å². The van der Waals surface area contributed by atoms with Crippen LogP contribution in [-0.4, -0.2) is 69.0 Å². The molecule has 9 heteroatoms. The average molecular weight is 644 g/mol. The van der Waals surface area contributed by atoms with Crippen LogP contribution in [-0.2, 0) is 20.4 Å². The maximum Gasteiger partial charge on any atom is 0.240 e. The normalized spacial score (nSPS) is 14.3. The maximum atomic E-state index is 13.2. The SMILES string of the molecule is CN(C(=O)CN1CCCNCC1)c1ccc(-c2cnc3[nH]c4ccc(CS(=O)(=O)c5ccccc5)cc4c3c2-c2ccccc2)cc1. The van der Waals surface area contributed by atoms with Crippen LogP contribution in [0.5, 0.6) is 0 Å². The zero-order chi connectivity index (χ0) is 32.4. The zero-order valence-corrected chi connectivity index (χ0v) is 27.1. The van der Waals surface area contributed by atoms with Crippen molar-refractivity contribution in [1.82, 2.24) is 20.2 Å². The van der Waals surface area contributed by atoms with E-state index in [4.69, 9.17) is 4.98 Å². The molecule has 4 aromatic carbocycles. The van der Waals surface area contributed by atoms with Crippen LogP contribution in [0, 0.1) is 0 Å². The number of carbonyl (C=O) groups excluding carboxylic acids is 1. The van der Waals surface area contributed by atoms with Gasteiger partial charge < -0.3 is 15.2 Å². The molecule has 0 unspecified atom stereocenters. The Morgan fingerprint density at radius 2 is 1.62 bits per heavy atom. The van der Waals surface area contributed by atoms with Gasteiger partial charge in [-0.25, -0.2) is 13.4 Å². The molecule has 47 heavy (non-hydrogen) atoms. The number of aromatic amines is 1. The third-order valence-electron chi connectivity index (χ3n) is 8.94. The number of fused-ring (bicyclic) bond motifs is 3. The summed E-state index contributed by atoms with van der Waals surface area (Å²) in [5, 5.41) is 5.24. The highest BCUT2D eigenvalue weighted by atomic mass is 32.2. The molecule has 1 amide bonds. The number of pyridine rings is 1. The fraction of sp³-hybridized carbons (Fsp3) is 0.211. The van der Waals surface area contributed by atoms with Crippen LogP contribution >= 0.6 is 0 Å². The predicted octanol–water partition coefficient (Wildman–Crippen LogP) is 6.28. The lowest BCUT2D eigenvalue weighted by Crippen LogP contribution is -2.39. The van der Waals surface area contributed by atoms with E-state index in [-0.39, 0.29) is 11.7 Å². The minimum Gasteiger partial charge on any atom is -0.339 e. The largest absolute Gasteiger partial charge is 0.339 e. The number of nitrogens with zero attached hydrogens (tertiary/aromatic N) is 3. The van der Waals surface area contributed by atoms with E-state index in [1.165, 1.54) is 0 Å². The third kappa shape index (κ3) is 6.42. The van der Waals surface area contributed by atoms with Gasteiger partial charge in [0.2, 0.25) is 5.91 Å². The van der Waals surface area contributed by atoms with E-state index >= 15 is 0 Å². The standard InChI is InChI=1S/C38H37N5O3S/c1-42(35(44)25-43-21-8-19-39-20-22-43)30-16-14-28(15-17-30)33-24-40-38-37(36(33)29-9-4-2-5-10-29)32-23-27(13-18-34(32)41-38)26-47(45,46)31-11-6-3-7-12-31/h2-7,9-18,23-24,39H,8,19-22,25-26H2,1H3,(H,40,41). The van der Waals surface area contributed by atoms with Gasteiger partial charge in [0.15, 0.2) is 9.84 Å². The van der Waals surface area contributed by atoms with E-state index in [9.17, 15) is 13.2 Å². The number of hydrogen-bond acceptors (Lipinski definition) is 6. The summed E-state index contributed by atoms with van der Waals surface area (Å²) in [6.07, 6.45) is 2.93. The summed E-state index contributed by atoms with van der Waals surface area (Å²) in [5.41, 5.74) is 7.12. The molecule has 1 aliphatic heterocycles. The second kappa shape index (κ2) is 13.1. The highest BCUT2D eigenvalue weighted by molar-refractivity contribution is 7.90. The third-order valence-corrected chi connectivity index (χ3v) is 10.6. The molecular formula is C38H37N5O3S. The second-order valence-electron chi connectivity index (χ2n) is 12.1. The summed E-state index contributed by atoms with van der Waals surface area (Å²) in [5.74, 6) is -0.0351. The Kier molecular flexibility index (Phi) is 8.60. The number of carbonyl (C=O) groups is 1. The smallest absolute Gasteiger partial charge is 0.240 e. The van der Waals surface area contributed by atoms with E-state index in [1.54, 1.807) is 29.2 Å². The molecule has 2 aromatic heterocycles. The number of sulfone groups is 1. The Hall–Kier alpha value is -4.83. The first-order valence-corrected chi connectivity index (χ1v) is 17.6. The van der Waals surface area contributed by atoms with Crippen LogP contribution in [0.25, 0.3) is 44.2 Å². The van der Waals surface area contributed by atoms with Gasteiger partial charge in [0, 0.05) is 59.4 Å². The summed E-state index contributed by atoms with van der Waals surface area (Å²) in [6, 6.07) is 32.6. The van der Waals surface area contributed by atoms with Crippen LogP contribution in [0.3, 0.4) is 0 Å². The van der Waals surface area contributed by atoms with Crippen LogP contribution in [0.2, 0.25) is 0 Å². The van der Waals surface area contributed by atoms with Crippen molar-refractivity contribution in [3.63, 3.8) is 0 Å². The monoisotopic (exact) mass is 643 g/mol. The van der Waals surface area contributed by atoms with Crippen molar-refractivity contribution in [1.29, 1.82) is 0 Å². The average Bonchev–Trinajstić information content (AvgIpc) is 3.27. The van der Waals surface area contributed by atoms with Crippen molar-refractivity contribution in [2.24, 2.45) is 0 Å². The van der Waals surface area contributed by atoms with Crippen molar-refractivity contribution >= 4 is 43.4 Å². The summed E-state index contributed by atoms with van der Waals surface area (Å²) >= 11 is 0. The van der Waals surface area contributed by atoms with Gasteiger partial charge in [0.25, 0.3) is 0 Å². The number of aromatic nitrogens is 2. The number of likely N-dealkylation sites (N-methyl/N-ethyl adjacent to an activating group) is 1. The van der Waals surface area contributed by atoms with Crippen LogP contribution < -0.4 is 10.2 Å². The highest BCUT2D eigenvalue weighted by Crippen LogP contribution is 2.41. The van der Waals surface area contributed by atoms with E-state index < -0.39 is 9.84 Å². The molecular weight excluding hydrogens is 607 g/mol. The molecule has 1 aliphatic rings. The Bertz CT molecular complexity index is 2140. The number of hydrogen-bond donors (Lipinski definition) is 2. The zero-order valence-electron chi connectivity index (χ0n) is 26.3. The van der Waals surface area contributed by atoms with Crippen LogP contribution in [0.1, 0.15) is 12.0 Å². The van der Waals surface area contributed by atoms with Crippen LogP contribution in [0.15, 0.2) is 114 Å². The van der Waals surface area contributed by atoms with E-state index in [0.717, 1.165) is 82.5 Å².